The van der Waals surface area contributed by atoms with Gasteiger partial charge in [-0.2, -0.15) is 4.91 Å². The smallest absolute Gasteiger partial charge is 0.274 e. The van der Waals surface area contributed by atoms with Gasteiger partial charge >= 0.3 is 0 Å². The topological polar surface area (TPSA) is 92.4 Å². The highest BCUT2D eigenvalue weighted by atomic mass is 16.7. The predicted molar refractivity (Wildman–Crippen MR) is 87.7 cm³/mol. The number of allylic oxidation sites excluding steroid dienone is 1. The molecular weight excluding hydrogens is 312 g/mol. The van der Waals surface area contributed by atoms with Crippen molar-refractivity contribution < 1.29 is 18.9 Å². The van der Waals surface area contributed by atoms with E-state index in [9.17, 15) is 4.91 Å². The Morgan fingerprint density at radius 3 is 2.58 bits per heavy atom. The van der Waals surface area contributed by atoms with E-state index < -0.39 is 11.8 Å². The number of ether oxygens (including phenoxy) is 4. The molecule has 2 N–H and O–H groups in total. The predicted octanol–water partition coefficient (Wildman–Crippen LogP) is 1.86. The minimum atomic E-state index is -0.991. The second kappa shape index (κ2) is 6.61. The Hall–Kier alpha value is -1.18. The first-order valence-corrected chi connectivity index (χ1v) is 8.58. The molecule has 2 aliphatic carbocycles. The molecule has 0 amide bonds. The molecule has 1 heterocycles. The monoisotopic (exact) mass is 340 g/mol. The van der Waals surface area contributed by atoms with E-state index in [4.69, 9.17) is 24.7 Å². The molecule has 5 unspecified atom stereocenters. The van der Waals surface area contributed by atoms with Crippen molar-refractivity contribution in [3.63, 3.8) is 0 Å². The number of nitroso groups, excluding NO2 is 1. The molecule has 1 aliphatic heterocycles. The van der Waals surface area contributed by atoms with Crippen LogP contribution in [0.25, 0.3) is 0 Å². The molecule has 3 aliphatic rings. The molecule has 7 nitrogen and oxygen atoms in total. The minimum Gasteiger partial charge on any atom is -0.469 e. The largest absolute Gasteiger partial charge is 0.469 e. The van der Waals surface area contributed by atoms with Gasteiger partial charge < -0.3 is 24.7 Å². The van der Waals surface area contributed by atoms with Gasteiger partial charge in [0.1, 0.15) is 6.04 Å². The van der Waals surface area contributed by atoms with Crippen molar-refractivity contribution in [2.24, 2.45) is 40.5 Å². The summed E-state index contributed by atoms with van der Waals surface area (Å²) in [6.45, 7) is 2.66. The van der Waals surface area contributed by atoms with E-state index in [1.807, 2.05) is 6.08 Å². The van der Waals surface area contributed by atoms with Crippen LogP contribution in [0.5, 0.6) is 0 Å². The van der Waals surface area contributed by atoms with Crippen molar-refractivity contribution in [3.05, 3.63) is 16.9 Å². The molecule has 0 aromatic carbocycles. The number of hydrogen-bond donors (Lipinski definition) is 1. The molecule has 0 radical (unpaired) electrons. The Balaban J connectivity index is 2.01. The van der Waals surface area contributed by atoms with Crippen LogP contribution in [0.2, 0.25) is 0 Å². The quantitative estimate of drug-likeness (QED) is 0.620. The summed E-state index contributed by atoms with van der Waals surface area (Å²) < 4.78 is 22.3. The lowest BCUT2D eigenvalue weighted by molar-refractivity contribution is -0.269. The molecule has 3 rings (SSSR count). The van der Waals surface area contributed by atoms with Crippen molar-refractivity contribution >= 4 is 0 Å². The maximum atomic E-state index is 11.8. The van der Waals surface area contributed by atoms with Crippen LogP contribution in [0.15, 0.2) is 17.2 Å². The van der Waals surface area contributed by atoms with Crippen molar-refractivity contribution in [3.8, 4) is 0 Å². The number of rotatable bonds is 4. The van der Waals surface area contributed by atoms with Gasteiger partial charge in [-0.05, 0) is 30.3 Å². The molecule has 0 aromatic heterocycles. The summed E-state index contributed by atoms with van der Waals surface area (Å²) in [7, 11) is 4.75. The van der Waals surface area contributed by atoms with Crippen LogP contribution in [0.1, 0.15) is 19.8 Å². The van der Waals surface area contributed by atoms with Crippen LogP contribution in [0.3, 0.4) is 0 Å². The standard InChI is InChI=1S/C17H28N2O5/c1-9-7-17(22-3,23-4)16(19-20)15-11-8-24-13(21-2)6-10(11)5-12(18)14(9)15/h6,9-12,14-16H,5,7-8,18H2,1-4H3/t9-,10?,11?,12?,14?,15?,16-/m0/s1. The third kappa shape index (κ3) is 2.53. The summed E-state index contributed by atoms with van der Waals surface area (Å²) in [6.07, 6.45) is 3.47. The Labute approximate surface area is 142 Å². The molecule has 0 bridgehead atoms. The first-order chi connectivity index (χ1) is 11.5. The van der Waals surface area contributed by atoms with Gasteiger partial charge in [0.25, 0.3) is 5.95 Å². The number of hydrogen-bond acceptors (Lipinski definition) is 7. The molecule has 2 fully saturated rings. The van der Waals surface area contributed by atoms with Crippen LogP contribution in [0.4, 0.5) is 0 Å². The van der Waals surface area contributed by atoms with Gasteiger partial charge in [-0.3, -0.25) is 0 Å². The number of nitrogens with two attached hydrogens (primary N) is 1. The third-order valence-electron chi connectivity index (χ3n) is 6.38. The van der Waals surface area contributed by atoms with E-state index in [0.29, 0.717) is 19.0 Å². The van der Waals surface area contributed by atoms with Crippen LogP contribution in [-0.4, -0.2) is 45.8 Å². The summed E-state index contributed by atoms with van der Waals surface area (Å²) in [5.74, 6) is 0.357. The Kier molecular flexibility index (Phi) is 4.86. The summed E-state index contributed by atoms with van der Waals surface area (Å²) in [5, 5.41) is 3.46. The first-order valence-electron chi connectivity index (χ1n) is 8.58. The van der Waals surface area contributed by atoms with E-state index in [1.165, 1.54) is 0 Å². The molecule has 0 spiro atoms. The molecule has 7 heteroatoms. The highest BCUT2D eigenvalue weighted by molar-refractivity contribution is 5.13. The fraction of sp³-hybridized carbons (Fsp3) is 0.882. The van der Waals surface area contributed by atoms with Crippen LogP contribution < -0.4 is 5.73 Å². The van der Waals surface area contributed by atoms with Crippen LogP contribution in [-0.2, 0) is 18.9 Å². The molecular formula is C17H28N2O5. The second-order valence-corrected chi connectivity index (χ2v) is 7.33. The van der Waals surface area contributed by atoms with E-state index in [2.05, 4.69) is 12.1 Å². The van der Waals surface area contributed by atoms with Crippen molar-refractivity contribution in [1.82, 2.24) is 0 Å². The molecule has 2 saturated carbocycles. The van der Waals surface area contributed by atoms with Gasteiger partial charge in [-0.1, -0.05) is 12.1 Å². The van der Waals surface area contributed by atoms with Gasteiger partial charge in [0.2, 0.25) is 0 Å². The van der Waals surface area contributed by atoms with Gasteiger partial charge in [0.15, 0.2) is 5.79 Å². The van der Waals surface area contributed by atoms with Gasteiger partial charge in [-0.25, -0.2) is 0 Å². The van der Waals surface area contributed by atoms with E-state index in [-0.39, 0.29) is 35.6 Å². The minimum absolute atomic E-state index is 0.00895. The average molecular weight is 340 g/mol. The number of nitrogens with zero attached hydrogens (tertiary/aromatic N) is 1. The zero-order valence-corrected chi connectivity index (χ0v) is 14.8. The second-order valence-electron chi connectivity index (χ2n) is 7.33. The number of fused-ring (bicyclic) bond motifs is 3. The molecule has 7 atom stereocenters. The number of methoxy groups -OCH3 is 3. The summed E-state index contributed by atoms with van der Waals surface area (Å²) >= 11 is 0. The SMILES string of the molecule is COC1=CC2CC(N)C3C(C2CO1)[C@H](N=O)C(OC)(OC)C[C@@H]3C. The van der Waals surface area contributed by atoms with E-state index >= 15 is 0 Å². The van der Waals surface area contributed by atoms with Crippen molar-refractivity contribution in [2.75, 3.05) is 27.9 Å². The van der Waals surface area contributed by atoms with Crippen molar-refractivity contribution in [2.45, 2.75) is 37.6 Å². The Morgan fingerprint density at radius 1 is 1.29 bits per heavy atom. The first kappa shape index (κ1) is 17.6. The van der Waals surface area contributed by atoms with Crippen molar-refractivity contribution in [1.29, 1.82) is 0 Å². The zero-order chi connectivity index (χ0) is 17.5. The molecule has 24 heavy (non-hydrogen) atoms. The Morgan fingerprint density at radius 2 is 2.00 bits per heavy atom. The zero-order valence-electron chi connectivity index (χ0n) is 14.8. The lowest BCUT2D eigenvalue weighted by Gasteiger charge is -2.57. The third-order valence-corrected chi connectivity index (χ3v) is 6.38. The summed E-state index contributed by atoms with van der Waals surface area (Å²) in [5.41, 5.74) is 6.53. The van der Waals surface area contributed by atoms with Gasteiger partial charge in [0, 0.05) is 38.5 Å². The summed E-state index contributed by atoms with van der Waals surface area (Å²) in [4.78, 5) is 11.8. The maximum Gasteiger partial charge on any atom is 0.274 e. The fourth-order valence-corrected chi connectivity index (χ4v) is 5.34. The highest BCUT2D eigenvalue weighted by Crippen LogP contribution is 2.54. The Bertz CT molecular complexity index is 507. The van der Waals surface area contributed by atoms with E-state index in [0.717, 1.165) is 6.42 Å². The van der Waals surface area contributed by atoms with Crippen LogP contribution in [0, 0.1) is 34.5 Å². The van der Waals surface area contributed by atoms with Crippen LogP contribution >= 0.6 is 0 Å². The lowest BCUT2D eigenvalue weighted by Crippen LogP contribution is -2.65. The van der Waals surface area contributed by atoms with E-state index in [1.54, 1.807) is 21.3 Å². The van der Waals surface area contributed by atoms with Gasteiger partial charge in [-0.15, -0.1) is 0 Å². The molecule has 0 saturated heterocycles. The lowest BCUT2D eigenvalue weighted by atomic mass is 9.54. The molecule has 0 aromatic rings. The summed E-state index contributed by atoms with van der Waals surface area (Å²) in [6, 6.07) is -0.594. The average Bonchev–Trinajstić information content (AvgIpc) is 2.60. The molecule has 136 valence electrons. The highest BCUT2D eigenvalue weighted by Gasteiger charge is 2.61. The normalized spacial score (nSPS) is 43.7. The fourth-order valence-electron chi connectivity index (χ4n) is 5.34. The maximum absolute atomic E-state index is 11.8. The van der Waals surface area contributed by atoms with Gasteiger partial charge in [0.05, 0.1) is 13.7 Å².